The van der Waals surface area contributed by atoms with Gasteiger partial charge >= 0.3 is 11.9 Å². The second kappa shape index (κ2) is 12.5. The van der Waals surface area contributed by atoms with Crippen LogP contribution in [0.25, 0.3) is 16.6 Å². The number of carbonyl (C=O) groups excluding carboxylic acids is 4. The summed E-state index contributed by atoms with van der Waals surface area (Å²) >= 11 is 0. The van der Waals surface area contributed by atoms with Gasteiger partial charge in [0.05, 0.1) is 35.0 Å². The summed E-state index contributed by atoms with van der Waals surface area (Å²) in [5, 5.41) is 4.84. The standard InChI is InChI=1S/C33H27N5O8/c1-19(29-26(37-14-6-13-34-37)11-12-28(36-29)45-16-15-44-20(2)39)46-27-18-22-17-21(33(42)43-3)9-10-25(22)35-30(27)38-31(40)23-7-4-5-8-24(23)32(38)41/h4-14,17-19H,15-16H2,1-3H3/t19-/m0/s1. The number of hydrogen-bond donors (Lipinski definition) is 0. The highest BCUT2D eigenvalue weighted by Crippen LogP contribution is 2.38. The Morgan fingerprint density at radius 3 is 2.35 bits per heavy atom. The van der Waals surface area contributed by atoms with Gasteiger partial charge < -0.3 is 18.9 Å². The number of nitrogens with zero attached hydrogens (tertiary/aromatic N) is 5. The van der Waals surface area contributed by atoms with Crippen LogP contribution >= 0.6 is 0 Å². The highest BCUT2D eigenvalue weighted by molar-refractivity contribution is 6.34. The predicted octanol–water partition coefficient (Wildman–Crippen LogP) is 4.48. The maximum Gasteiger partial charge on any atom is 0.337 e. The molecule has 5 aromatic rings. The average molecular weight is 622 g/mol. The van der Waals surface area contributed by atoms with Gasteiger partial charge in [0, 0.05) is 30.8 Å². The van der Waals surface area contributed by atoms with E-state index in [1.165, 1.54) is 14.0 Å². The number of carbonyl (C=O) groups is 4. The van der Waals surface area contributed by atoms with Gasteiger partial charge in [0.2, 0.25) is 5.88 Å². The van der Waals surface area contributed by atoms with E-state index < -0.39 is 29.9 Å². The van der Waals surface area contributed by atoms with Gasteiger partial charge in [-0.1, -0.05) is 12.1 Å². The molecule has 232 valence electrons. The molecule has 0 N–H and O–H groups in total. The monoisotopic (exact) mass is 621 g/mol. The topological polar surface area (TPSA) is 152 Å². The molecule has 2 aromatic carbocycles. The molecule has 0 saturated carbocycles. The molecule has 6 rings (SSSR count). The lowest BCUT2D eigenvalue weighted by Gasteiger charge is -2.22. The molecule has 0 unspecified atom stereocenters. The van der Waals surface area contributed by atoms with Crippen LogP contribution in [0, 0.1) is 0 Å². The summed E-state index contributed by atoms with van der Waals surface area (Å²) in [7, 11) is 1.28. The van der Waals surface area contributed by atoms with E-state index in [4.69, 9.17) is 18.9 Å². The molecule has 0 spiro atoms. The van der Waals surface area contributed by atoms with Crippen molar-refractivity contribution in [1.82, 2.24) is 19.7 Å². The van der Waals surface area contributed by atoms with Crippen LogP contribution in [0.3, 0.4) is 0 Å². The molecule has 0 aliphatic carbocycles. The van der Waals surface area contributed by atoms with Gasteiger partial charge in [0.25, 0.3) is 11.8 Å². The van der Waals surface area contributed by atoms with Crippen molar-refractivity contribution in [2.24, 2.45) is 0 Å². The van der Waals surface area contributed by atoms with Gasteiger partial charge in [-0.3, -0.25) is 14.4 Å². The maximum atomic E-state index is 13.5. The number of rotatable bonds is 10. The van der Waals surface area contributed by atoms with Crippen molar-refractivity contribution in [2.45, 2.75) is 20.0 Å². The summed E-state index contributed by atoms with van der Waals surface area (Å²) in [6.45, 7) is 3.16. The first-order valence-electron chi connectivity index (χ1n) is 14.2. The smallest absolute Gasteiger partial charge is 0.337 e. The number of fused-ring (bicyclic) bond motifs is 2. The minimum atomic E-state index is -0.812. The van der Waals surface area contributed by atoms with Gasteiger partial charge in [-0.05, 0) is 55.5 Å². The van der Waals surface area contributed by atoms with Gasteiger partial charge in [0.1, 0.15) is 25.0 Å². The molecule has 0 saturated heterocycles. The number of hydrogen-bond acceptors (Lipinski definition) is 11. The third-order valence-electron chi connectivity index (χ3n) is 7.14. The lowest BCUT2D eigenvalue weighted by Crippen LogP contribution is -2.31. The second-order valence-corrected chi connectivity index (χ2v) is 10.2. The number of benzene rings is 2. The van der Waals surface area contributed by atoms with E-state index in [0.717, 1.165) is 4.90 Å². The Hall–Kier alpha value is -6.11. The van der Waals surface area contributed by atoms with E-state index in [2.05, 4.69) is 15.1 Å². The summed E-state index contributed by atoms with van der Waals surface area (Å²) in [6, 6.07) is 18.0. The SMILES string of the molecule is COC(=O)c1ccc2nc(N3C(=O)c4ccccc4C3=O)c(O[C@@H](C)c3nc(OCCOC(C)=O)ccc3-n3cccn3)cc2c1. The van der Waals surface area contributed by atoms with Crippen LogP contribution in [0.1, 0.15) is 56.7 Å². The Morgan fingerprint density at radius 1 is 0.913 bits per heavy atom. The molecule has 13 nitrogen and oxygen atoms in total. The lowest BCUT2D eigenvalue weighted by atomic mass is 10.1. The predicted molar refractivity (Wildman–Crippen MR) is 163 cm³/mol. The molecular formula is C33H27N5O8. The third kappa shape index (κ3) is 5.73. The normalized spacial score (nSPS) is 13.0. The summed E-state index contributed by atoms with van der Waals surface area (Å²) in [5.74, 6) is -1.75. The van der Waals surface area contributed by atoms with E-state index in [0.29, 0.717) is 22.3 Å². The lowest BCUT2D eigenvalue weighted by molar-refractivity contribution is -0.141. The zero-order valence-corrected chi connectivity index (χ0v) is 25.0. The third-order valence-corrected chi connectivity index (χ3v) is 7.14. The summed E-state index contributed by atoms with van der Waals surface area (Å²) in [4.78, 5) is 60.8. The van der Waals surface area contributed by atoms with Gasteiger partial charge in [-0.15, -0.1) is 0 Å². The second-order valence-electron chi connectivity index (χ2n) is 10.2. The largest absolute Gasteiger partial charge is 0.480 e. The minimum absolute atomic E-state index is 0.0224. The van der Waals surface area contributed by atoms with Crippen molar-refractivity contribution in [3.63, 3.8) is 0 Å². The van der Waals surface area contributed by atoms with Crippen molar-refractivity contribution in [1.29, 1.82) is 0 Å². The van der Waals surface area contributed by atoms with Gasteiger partial charge in [-0.2, -0.15) is 5.10 Å². The van der Waals surface area contributed by atoms with Gasteiger partial charge in [0.15, 0.2) is 11.6 Å². The first-order chi connectivity index (χ1) is 22.2. The molecule has 1 atom stereocenters. The zero-order valence-electron chi connectivity index (χ0n) is 25.0. The van der Waals surface area contributed by atoms with Gasteiger partial charge in [-0.25, -0.2) is 24.3 Å². The summed E-state index contributed by atoms with van der Waals surface area (Å²) < 4.78 is 23.6. The Bertz CT molecular complexity index is 1960. The molecule has 1 aliphatic heterocycles. The van der Waals surface area contributed by atoms with Crippen molar-refractivity contribution in [3.05, 3.63) is 102 Å². The molecule has 3 aromatic heterocycles. The molecule has 1 aliphatic rings. The Labute approximate surface area is 262 Å². The number of amides is 2. The fourth-order valence-corrected chi connectivity index (χ4v) is 5.03. The van der Waals surface area contributed by atoms with Crippen LogP contribution < -0.4 is 14.4 Å². The molecule has 0 radical (unpaired) electrons. The minimum Gasteiger partial charge on any atom is -0.480 e. The van der Waals surface area contributed by atoms with Crippen LogP contribution in [0.5, 0.6) is 11.6 Å². The number of anilines is 1. The highest BCUT2D eigenvalue weighted by Gasteiger charge is 2.39. The maximum absolute atomic E-state index is 13.5. The van der Waals surface area contributed by atoms with Crippen molar-refractivity contribution < 1.29 is 38.1 Å². The summed E-state index contributed by atoms with van der Waals surface area (Å²) in [6.07, 6.45) is 2.55. The number of imide groups is 1. The van der Waals surface area contributed by atoms with Crippen molar-refractivity contribution >= 4 is 40.5 Å². The number of aromatic nitrogens is 4. The average Bonchev–Trinajstić information content (AvgIpc) is 3.69. The zero-order chi connectivity index (χ0) is 32.4. The van der Waals surface area contributed by atoms with Crippen molar-refractivity contribution in [3.8, 4) is 17.3 Å². The quantitative estimate of drug-likeness (QED) is 0.123. The highest BCUT2D eigenvalue weighted by atomic mass is 16.6. The van der Waals surface area contributed by atoms with E-state index in [-0.39, 0.29) is 47.4 Å². The van der Waals surface area contributed by atoms with E-state index in [1.807, 2.05) is 0 Å². The number of ether oxygens (including phenoxy) is 4. The molecular weight excluding hydrogens is 594 g/mol. The fourth-order valence-electron chi connectivity index (χ4n) is 5.03. The van der Waals surface area contributed by atoms with Crippen LogP contribution in [0.15, 0.2) is 79.1 Å². The Morgan fingerprint density at radius 2 is 1.67 bits per heavy atom. The Kier molecular flexibility index (Phi) is 8.12. The molecule has 2 amide bonds. The molecule has 13 heteroatoms. The summed E-state index contributed by atoms with van der Waals surface area (Å²) in [5.41, 5.74) is 2.17. The van der Waals surface area contributed by atoms with Crippen LogP contribution in [-0.2, 0) is 14.3 Å². The van der Waals surface area contributed by atoms with Crippen LogP contribution in [-0.4, -0.2) is 63.8 Å². The number of methoxy groups -OCH3 is 1. The Balaban J connectivity index is 1.42. The van der Waals surface area contributed by atoms with Crippen LogP contribution in [0.2, 0.25) is 0 Å². The van der Waals surface area contributed by atoms with E-state index in [1.54, 1.807) is 90.7 Å². The van der Waals surface area contributed by atoms with E-state index in [9.17, 15) is 19.2 Å². The van der Waals surface area contributed by atoms with Crippen molar-refractivity contribution in [2.75, 3.05) is 25.2 Å². The molecule has 0 fully saturated rings. The first-order valence-corrected chi connectivity index (χ1v) is 14.2. The van der Waals surface area contributed by atoms with E-state index >= 15 is 0 Å². The number of esters is 2. The molecule has 46 heavy (non-hydrogen) atoms. The number of pyridine rings is 2. The molecule has 4 heterocycles. The van der Waals surface area contributed by atoms with Crippen LogP contribution in [0.4, 0.5) is 5.82 Å². The first kappa shape index (κ1) is 29.9. The fraction of sp³-hybridized carbons (Fsp3) is 0.182. The molecule has 0 bridgehead atoms.